The summed E-state index contributed by atoms with van der Waals surface area (Å²) in [5.74, 6) is -0.899. The Morgan fingerprint density at radius 3 is 2.35 bits per heavy atom. The van der Waals surface area contributed by atoms with Gasteiger partial charge in [0.15, 0.2) is 9.84 Å². The normalized spacial score (nSPS) is 11.4. The van der Waals surface area contributed by atoms with E-state index in [2.05, 4.69) is 0 Å². The number of benzene rings is 1. The molecule has 0 aromatic heterocycles. The Balaban J connectivity index is 2.94. The second-order valence-corrected chi connectivity index (χ2v) is 6.12. The van der Waals surface area contributed by atoms with Gasteiger partial charge in [-0.15, -0.1) is 0 Å². The Hall–Kier alpha value is -1.36. The lowest BCUT2D eigenvalue weighted by Gasteiger charge is -2.08. The van der Waals surface area contributed by atoms with Crippen molar-refractivity contribution in [1.82, 2.24) is 0 Å². The molecule has 0 aliphatic carbocycles. The summed E-state index contributed by atoms with van der Waals surface area (Å²) in [4.78, 5) is 10.7. The van der Waals surface area contributed by atoms with Gasteiger partial charge in [-0.1, -0.05) is 31.2 Å². The smallest absolute Gasteiger partial charge is 0.307 e. The fraction of sp³-hybridized carbons (Fsp3) is 0.417. The van der Waals surface area contributed by atoms with E-state index < -0.39 is 15.8 Å². The molecule has 1 aromatic carbocycles. The minimum absolute atomic E-state index is 0.0791. The molecule has 0 aliphatic rings. The van der Waals surface area contributed by atoms with Crippen LogP contribution in [0.3, 0.4) is 0 Å². The van der Waals surface area contributed by atoms with Crippen molar-refractivity contribution < 1.29 is 18.3 Å². The molecule has 0 saturated heterocycles. The zero-order valence-electron chi connectivity index (χ0n) is 9.72. The highest BCUT2D eigenvalue weighted by Gasteiger charge is 2.14. The highest BCUT2D eigenvalue weighted by atomic mass is 32.2. The van der Waals surface area contributed by atoms with E-state index >= 15 is 0 Å². The first-order chi connectivity index (χ1) is 7.94. The molecule has 0 unspecified atom stereocenters. The summed E-state index contributed by atoms with van der Waals surface area (Å²) < 4.78 is 23.4. The molecule has 0 spiro atoms. The van der Waals surface area contributed by atoms with Crippen LogP contribution in [0.2, 0.25) is 0 Å². The molecule has 0 heterocycles. The lowest BCUT2D eigenvalue weighted by Crippen LogP contribution is -2.11. The lowest BCUT2D eigenvalue weighted by atomic mass is 10.1. The van der Waals surface area contributed by atoms with Crippen LogP contribution in [-0.2, 0) is 26.8 Å². The van der Waals surface area contributed by atoms with Gasteiger partial charge in [0.2, 0.25) is 0 Å². The number of rotatable bonds is 6. The first-order valence-electron chi connectivity index (χ1n) is 5.43. The Morgan fingerprint density at radius 1 is 1.24 bits per heavy atom. The van der Waals surface area contributed by atoms with Crippen LogP contribution in [0.5, 0.6) is 0 Å². The van der Waals surface area contributed by atoms with Crippen molar-refractivity contribution in [1.29, 1.82) is 0 Å². The maximum absolute atomic E-state index is 11.7. The van der Waals surface area contributed by atoms with Gasteiger partial charge in [-0.05, 0) is 17.5 Å². The molecular formula is C12H16O4S. The second kappa shape index (κ2) is 5.82. The summed E-state index contributed by atoms with van der Waals surface area (Å²) >= 11 is 0. The van der Waals surface area contributed by atoms with Gasteiger partial charge in [0, 0.05) is 0 Å². The molecule has 0 saturated carbocycles. The minimum Gasteiger partial charge on any atom is -0.481 e. The minimum atomic E-state index is -3.14. The number of hydrogen-bond donors (Lipinski definition) is 1. The molecule has 0 radical (unpaired) electrons. The molecular weight excluding hydrogens is 240 g/mol. The molecule has 1 rings (SSSR count). The largest absolute Gasteiger partial charge is 0.481 e. The zero-order valence-corrected chi connectivity index (χ0v) is 10.5. The van der Waals surface area contributed by atoms with Crippen molar-refractivity contribution in [3.05, 3.63) is 35.4 Å². The molecule has 1 N–H and O–H groups in total. The van der Waals surface area contributed by atoms with Gasteiger partial charge < -0.3 is 5.11 Å². The average Bonchev–Trinajstić information content (AvgIpc) is 2.19. The number of carbonyl (C=O) groups is 1. The number of aliphatic carboxylic acids is 1. The van der Waals surface area contributed by atoms with Gasteiger partial charge in [-0.25, -0.2) is 8.42 Å². The van der Waals surface area contributed by atoms with Crippen molar-refractivity contribution in [2.24, 2.45) is 0 Å². The highest BCUT2D eigenvalue weighted by molar-refractivity contribution is 7.90. The third kappa shape index (κ3) is 4.56. The monoisotopic (exact) mass is 256 g/mol. The van der Waals surface area contributed by atoms with Crippen molar-refractivity contribution >= 4 is 15.8 Å². The Kier molecular flexibility index (Phi) is 4.69. The zero-order chi connectivity index (χ0) is 12.9. The molecule has 0 amide bonds. The number of carboxylic acid groups (broad SMARTS) is 1. The Morgan fingerprint density at radius 2 is 1.82 bits per heavy atom. The summed E-state index contributed by atoms with van der Waals surface area (Å²) in [5.41, 5.74) is 1.16. The Bertz CT molecular complexity index is 491. The van der Waals surface area contributed by atoms with E-state index in [1.807, 2.05) is 0 Å². The van der Waals surface area contributed by atoms with E-state index in [0.29, 0.717) is 17.5 Å². The second-order valence-electron chi connectivity index (χ2n) is 3.93. The van der Waals surface area contributed by atoms with Crippen molar-refractivity contribution in [3.63, 3.8) is 0 Å². The third-order valence-corrected chi connectivity index (χ3v) is 4.13. The summed E-state index contributed by atoms with van der Waals surface area (Å²) in [5, 5.41) is 8.74. The fourth-order valence-corrected chi connectivity index (χ4v) is 3.18. The summed E-state index contributed by atoms with van der Waals surface area (Å²) in [7, 11) is -3.14. The van der Waals surface area contributed by atoms with Gasteiger partial charge in [0.25, 0.3) is 0 Å². The van der Waals surface area contributed by atoms with E-state index in [1.54, 1.807) is 31.2 Å². The van der Waals surface area contributed by atoms with Crippen LogP contribution in [0, 0.1) is 0 Å². The van der Waals surface area contributed by atoms with Crippen LogP contribution in [0.1, 0.15) is 24.5 Å². The van der Waals surface area contributed by atoms with Crippen LogP contribution in [0.15, 0.2) is 24.3 Å². The van der Waals surface area contributed by atoms with E-state index in [0.717, 1.165) is 0 Å². The van der Waals surface area contributed by atoms with Crippen molar-refractivity contribution in [3.8, 4) is 0 Å². The van der Waals surface area contributed by atoms with Gasteiger partial charge in [0.1, 0.15) is 0 Å². The summed E-state index contributed by atoms with van der Waals surface area (Å²) in [6, 6.07) is 6.77. The Labute approximate surface area is 101 Å². The SMILES string of the molecule is CCCS(=O)(=O)Cc1ccccc1CC(=O)O. The van der Waals surface area contributed by atoms with E-state index in [1.165, 1.54) is 0 Å². The molecule has 94 valence electrons. The number of carboxylic acids is 1. The van der Waals surface area contributed by atoms with Crippen molar-refractivity contribution in [2.75, 3.05) is 5.75 Å². The molecule has 1 aromatic rings. The third-order valence-electron chi connectivity index (χ3n) is 2.35. The van der Waals surface area contributed by atoms with Crippen LogP contribution in [-0.4, -0.2) is 25.2 Å². The maximum atomic E-state index is 11.7. The van der Waals surface area contributed by atoms with E-state index in [-0.39, 0.29) is 17.9 Å². The first-order valence-corrected chi connectivity index (χ1v) is 7.25. The quantitative estimate of drug-likeness (QED) is 0.839. The maximum Gasteiger partial charge on any atom is 0.307 e. The van der Waals surface area contributed by atoms with Crippen LogP contribution < -0.4 is 0 Å². The van der Waals surface area contributed by atoms with E-state index in [9.17, 15) is 13.2 Å². The van der Waals surface area contributed by atoms with Gasteiger partial charge in [-0.3, -0.25) is 4.79 Å². The van der Waals surface area contributed by atoms with Crippen LogP contribution >= 0.6 is 0 Å². The van der Waals surface area contributed by atoms with E-state index in [4.69, 9.17) is 5.11 Å². The average molecular weight is 256 g/mol. The van der Waals surface area contributed by atoms with Gasteiger partial charge >= 0.3 is 5.97 Å². The van der Waals surface area contributed by atoms with Gasteiger partial charge in [0.05, 0.1) is 17.9 Å². The first kappa shape index (κ1) is 13.7. The molecule has 5 heteroatoms. The standard InChI is InChI=1S/C12H16O4S/c1-2-7-17(15,16)9-11-6-4-3-5-10(11)8-12(13)14/h3-6H,2,7-9H2,1H3,(H,13,14). The molecule has 0 fully saturated rings. The fourth-order valence-electron chi connectivity index (χ4n) is 1.65. The van der Waals surface area contributed by atoms with Crippen molar-refractivity contribution in [2.45, 2.75) is 25.5 Å². The number of sulfone groups is 1. The topological polar surface area (TPSA) is 71.4 Å². The highest BCUT2D eigenvalue weighted by Crippen LogP contribution is 2.14. The summed E-state index contributed by atoms with van der Waals surface area (Å²) in [6.07, 6.45) is 0.432. The lowest BCUT2D eigenvalue weighted by molar-refractivity contribution is -0.136. The molecule has 17 heavy (non-hydrogen) atoms. The number of hydrogen-bond acceptors (Lipinski definition) is 3. The van der Waals surface area contributed by atoms with Crippen LogP contribution in [0.4, 0.5) is 0 Å². The molecule has 0 bridgehead atoms. The van der Waals surface area contributed by atoms with Gasteiger partial charge in [-0.2, -0.15) is 0 Å². The molecule has 4 nitrogen and oxygen atoms in total. The molecule has 0 aliphatic heterocycles. The predicted octanol–water partition coefficient (Wildman–Crippen LogP) is 1.64. The van der Waals surface area contributed by atoms with Crippen LogP contribution in [0.25, 0.3) is 0 Å². The molecule has 0 atom stereocenters. The predicted molar refractivity (Wildman–Crippen MR) is 65.6 cm³/mol. The summed E-state index contributed by atoms with van der Waals surface area (Å²) in [6.45, 7) is 1.81.